The van der Waals surface area contributed by atoms with Crippen LogP contribution in [0.5, 0.6) is 0 Å². The Bertz CT molecular complexity index is 974. The molecule has 2 N–H and O–H groups in total. The number of aromatic amines is 1. The Kier molecular flexibility index (Phi) is 3.78. The van der Waals surface area contributed by atoms with Crippen LogP contribution in [0.15, 0.2) is 36.4 Å². The van der Waals surface area contributed by atoms with E-state index in [1.54, 1.807) is 6.08 Å². The van der Waals surface area contributed by atoms with Crippen molar-refractivity contribution in [1.82, 2.24) is 4.98 Å². The first-order chi connectivity index (χ1) is 13.4. The fourth-order valence-electron chi connectivity index (χ4n) is 7.59. The normalized spacial score (nSPS) is 42.4. The lowest BCUT2D eigenvalue weighted by Gasteiger charge is -2.64. The molecular formula is C25H31NO2. The molecule has 0 spiro atoms. The van der Waals surface area contributed by atoms with Gasteiger partial charge in [0.1, 0.15) is 6.29 Å². The summed E-state index contributed by atoms with van der Waals surface area (Å²) in [4.78, 5) is 14.9. The van der Waals surface area contributed by atoms with E-state index in [-0.39, 0.29) is 22.3 Å². The minimum absolute atomic E-state index is 0.0701. The van der Waals surface area contributed by atoms with E-state index in [0.717, 1.165) is 32.0 Å². The summed E-state index contributed by atoms with van der Waals surface area (Å²) in [6.45, 7) is 7.11. The molecule has 2 fully saturated rings. The number of hydrogen-bond acceptors (Lipinski definition) is 2. The smallest absolute Gasteiger partial charge is 0.142 e. The number of fused-ring (bicyclic) bond motifs is 7. The molecule has 2 aromatic rings. The summed E-state index contributed by atoms with van der Waals surface area (Å²) < 4.78 is 0. The molecule has 0 saturated heterocycles. The van der Waals surface area contributed by atoms with Crippen LogP contribution in [-0.2, 0) is 16.6 Å². The lowest BCUT2D eigenvalue weighted by Crippen LogP contribution is -2.61. The molecule has 0 aliphatic heterocycles. The van der Waals surface area contributed by atoms with E-state index in [4.69, 9.17) is 0 Å². The van der Waals surface area contributed by atoms with E-state index in [9.17, 15) is 9.90 Å². The molecule has 0 unspecified atom stereocenters. The van der Waals surface area contributed by atoms with Gasteiger partial charge in [-0.05, 0) is 67.1 Å². The van der Waals surface area contributed by atoms with Crippen LogP contribution >= 0.6 is 0 Å². The largest absolute Gasteiger partial charge is 0.392 e. The first kappa shape index (κ1) is 18.2. The van der Waals surface area contributed by atoms with E-state index in [1.165, 1.54) is 28.6 Å². The van der Waals surface area contributed by atoms with Gasteiger partial charge in [-0.25, -0.2) is 0 Å². The highest BCUT2D eigenvalue weighted by atomic mass is 16.3. The van der Waals surface area contributed by atoms with Crippen LogP contribution in [0.1, 0.15) is 57.7 Å². The maximum atomic E-state index is 11.1. The van der Waals surface area contributed by atoms with Crippen LogP contribution < -0.4 is 0 Å². The predicted molar refractivity (Wildman–Crippen MR) is 112 cm³/mol. The SMILES string of the molecule is C[C@@]1(/C=C/C=O)[C@@H](O)CC[C@@]2(C)[C@H]1CC[C@H]1Cc3c([nH]c4ccccc34)[C@@]12C. The lowest BCUT2D eigenvalue weighted by atomic mass is 9.40. The molecule has 3 aliphatic carbocycles. The number of hydrogen-bond donors (Lipinski definition) is 2. The molecule has 0 radical (unpaired) electrons. The molecule has 1 aromatic heterocycles. The average molecular weight is 378 g/mol. The minimum Gasteiger partial charge on any atom is -0.392 e. The van der Waals surface area contributed by atoms with Crippen LogP contribution in [0.3, 0.4) is 0 Å². The van der Waals surface area contributed by atoms with Crippen molar-refractivity contribution in [2.45, 2.75) is 64.4 Å². The summed E-state index contributed by atoms with van der Waals surface area (Å²) in [5, 5.41) is 12.3. The van der Waals surface area contributed by atoms with E-state index in [2.05, 4.69) is 50.0 Å². The van der Waals surface area contributed by atoms with Crippen LogP contribution in [0.25, 0.3) is 10.9 Å². The number of carbonyl (C=O) groups excluding carboxylic acids is 1. The van der Waals surface area contributed by atoms with Crippen molar-refractivity contribution in [3.63, 3.8) is 0 Å². The zero-order chi connectivity index (χ0) is 19.7. The van der Waals surface area contributed by atoms with E-state index >= 15 is 0 Å². The van der Waals surface area contributed by atoms with Crippen molar-refractivity contribution in [3.05, 3.63) is 47.7 Å². The van der Waals surface area contributed by atoms with Crippen molar-refractivity contribution >= 4 is 17.2 Å². The zero-order valence-electron chi connectivity index (χ0n) is 17.2. The number of nitrogens with one attached hydrogen (secondary N) is 1. The van der Waals surface area contributed by atoms with Crippen molar-refractivity contribution in [2.75, 3.05) is 0 Å². The van der Waals surface area contributed by atoms with Gasteiger partial charge in [0.25, 0.3) is 0 Å². The Hall–Kier alpha value is -1.87. The van der Waals surface area contributed by atoms with Gasteiger partial charge >= 0.3 is 0 Å². The molecule has 1 aromatic carbocycles. The van der Waals surface area contributed by atoms with Gasteiger partial charge in [0, 0.05) is 27.4 Å². The molecule has 3 nitrogen and oxygen atoms in total. The first-order valence-electron chi connectivity index (χ1n) is 10.8. The second kappa shape index (κ2) is 5.82. The number of aldehydes is 1. The van der Waals surface area contributed by atoms with Gasteiger partial charge in [-0.1, -0.05) is 45.0 Å². The number of benzene rings is 1. The molecule has 5 rings (SSSR count). The number of carbonyl (C=O) groups is 1. The molecule has 6 atom stereocenters. The molecule has 3 heteroatoms. The number of aromatic nitrogens is 1. The number of rotatable bonds is 2. The van der Waals surface area contributed by atoms with Gasteiger partial charge in [0.15, 0.2) is 0 Å². The Morgan fingerprint density at radius 3 is 2.71 bits per heavy atom. The summed E-state index contributed by atoms with van der Waals surface area (Å²) in [5.41, 5.74) is 4.00. The topological polar surface area (TPSA) is 53.1 Å². The summed E-state index contributed by atoms with van der Waals surface area (Å²) in [6, 6.07) is 8.70. The highest BCUT2D eigenvalue weighted by molar-refractivity contribution is 5.86. The van der Waals surface area contributed by atoms with Crippen molar-refractivity contribution in [3.8, 4) is 0 Å². The molecule has 0 amide bonds. The minimum atomic E-state index is -0.384. The van der Waals surface area contributed by atoms with Crippen LogP contribution in [0, 0.1) is 22.7 Å². The first-order valence-corrected chi connectivity index (χ1v) is 10.8. The Morgan fingerprint density at radius 1 is 1.14 bits per heavy atom. The van der Waals surface area contributed by atoms with Crippen molar-refractivity contribution in [2.24, 2.45) is 22.7 Å². The summed E-state index contributed by atoms with van der Waals surface area (Å²) >= 11 is 0. The Labute approximate surface area is 167 Å². The number of para-hydroxylation sites is 1. The Morgan fingerprint density at radius 2 is 1.93 bits per heavy atom. The average Bonchev–Trinajstić information content (AvgIpc) is 3.19. The van der Waals surface area contributed by atoms with Gasteiger partial charge < -0.3 is 10.1 Å². The third-order valence-corrected chi connectivity index (χ3v) is 9.30. The second-order valence-corrected chi connectivity index (χ2v) is 10.1. The second-order valence-electron chi connectivity index (χ2n) is 10.1. The van der Waals surface area contributed by atoms with Crippen molar-refractivity contribution < 1.29 is 9.90 Å². The third-order valence-electron chi connectivity index (χ3n) is 9.30. The highest BCUT2D eigenvalue weighted by Gasteiger charge is 2.66. The van der Waals surface area contributed by atoms with E-state index in [1.807, 2.05) is 6.08 Å². The quantitative estimate of drug-likeness (QED) is 0.576. The van der Waals surface area contributed by atoms with Crippen LogP contribution in [0.4, 0.5) is 0 Å². The van der Waals surface area contributed by atoms with Gasteiger partial charge in [-0.2, -0.15) is 0 Å². The van der Waals surface area contributed by atoms with E-state index < -0.39 is 0 Å². The van der Waals surface area contributed by atoms with Crippen LogP contribution in [-0.4, -0.2) is 22.5 Å². The molecule has 2 saturated carbocycles. The van der Waals surface area contributed by atoms with Gasteiger partial charge in [-0.15, -0.1) is 0 Å². The molecule has 3 aliphatic rings. The number of aliphatic hydroxyl groups excluding tert-OH is 1. The maximum Gasteiger partial charge on any atom is 0.142 e. The number of allylic oxidation sites excluding steroid dienone is 1. The zero-order valence-corrected chi connectivity index (χ0v) is 17.2. The molecule has 0 bridgehead atoms. The third kappa shape index (κ3) is 2.01. The Balaban J connectivity index is 1.69. The summed E-state index contributed by atoms with van der Waals surface area (Å²) in [7, 11) is 0. The number of aliphatic hydroxyl groups is 1. The molecule has 1 heterocycles. The fraction of sp³-hybridized carbons (Fsp3) is 0.560. The highest BCUT2D eigenvalue weighted by Crippen LogP contribution is 2.69. The van der Waals surface area contributed by atoms with Crippen LogP contribution in [0.2, 0.25) is 0 Å². The molecular weight excluding hydrogens is 346 g/mol. The van der Waals surface area contributed by atoms with Gasteiger partial charge in [-0.3, -0.25) is 4.79 Å². The number of H-pyrrole nitrogens is 1. The standard InChI is InChI=1S/C25H31NO2/c1-23(12-6-14-27)20-10-9-16-15-18-17-7-4-5-8-19(17)26-22(18)25(16,3)24(20,2)13-11-21(23)28/h4-8,12,14,16,20-21,26,28H,9-11,13,15H2,1-3H3/b12-6+/t16-,20-,21-,23-,24-,25+/m0/s1. The summed E-state index contributed by atoms with van der Waals surface area (Å²) in [6.07, 6.45) is 9.36. The van der Waals surface area contributed by atoms with E-state index in [0.29, 0.717) is 11.8 Å². The molecule has 148 valence electrons. The fourth-order valence-corrected chi connectivity index (χ4v) is 7.59. The monoisotopic (exact) mass is 377 g/mol. The summed E-state index contributed by atoms with van der Waals surface area (Å²) in [5.74, 6) is 1.01. The maximum absolute atomic E-state index is 11.1. The lowest BCUT2D eigenvalue weighted by molar-refractivity contribution is -0.144. The van der Waals surface area contributed by atoms with Gasteiger partial charge in [0.2, 0.25) is 0 Å². The van der Waals surface area contributed by atoms with Gasteiger partial charge in [0.05, 0.1) is 6.10 Å². The predicted octanol–water partition coefficient (Wildman–Crippen LogP) is 4.93. The molecule has 28 heavy (non-hydrogen) atoms. The van der Waals surface area contributed by atoms with Crippen molar-refractivity contribution in [1.29, 1.82) is 0 Å².